The molecule has 7 heteroatoms. The highest BCUT2D eigenvalue weighted by Crippen LogP contribution is 2.45. The van der Waals surface area contributed by atoms with Gasteiger partial charge in [-0.15, -0.1) is 0 Å². The molecular formula is C19H24N4O3. The number of piperidine rings is 1. The predicted molar refractivity (Wildman–Crippen MR) is 97.0 cm³/mol. The number of nitrogens with one attached hydrogen (secondary N) is 1. The molecule has 2 fully saturated rings. The Morgan fingerprint density at radius 1 is 1.35 bits per heavy atom. The molecule has 2 aliphatic rings. The number of aryl methyl sites for hydroxylation is 1. The third kappa shape index (κ3) is 2.82. The third-order valence-corrected chi connectivity index (χ3v) is 5.56. The van der Waals surface area contributed by atoms with Gasteiger partial charge >= 0.3 is 6.03 Å². The lowest BCUT2D eigenvalue weighted by molar-refractivity contribution is -0.0505. The van der Waals surface area contributed by atoms with Crippen LogP contribution < -0.4 is 10.1 Å². The third-order valence-electron chi connectivity index (χ3n) is 5.56. The number of urea groups is 1. The molecule has 4 rings (SSSR count). The van der Waals surface area contributed by atoms with Crippen molar-refractivity contribution >= 4 is 11.7 Å². The van der Waals surface area contributed by atoms with Crippen molar-refractivity contribution in [1.29, 1.82) is 0 Å². The summed E-state index contributed by atoms with van der Waals surface area (Å²) < 4.78 is 7.08. The lowest BCUT2D eigenvalue weighted by atomic mass is 9.85. The number of hydrogen-bond acceptors (Lipinski definition) is 4. The fourth-order valence-corrected chi connectivity index (χ4v) is 4.44. The topological polar surface area (TPSA) is 79.6 Å². The van der Waals surface area contributed by atoms with Crippen LogP contribution in [0.1, 0.15) is 31.5 Å². The first kappa shape index (κ1) is 16.9. The first-order valence-electron chi connectivity index (χ1n) is 8.94. The number of ether oxygens (including phenoxy) is 1. The molecule has 1 aromatic carbocycles. The van der Waals surface area contributed by atoms with Crippen LogP contribution in [0.3, 0.4) is 0 Å². The summed E-state index contributed by atoms with van der Waals surface area (Å²) in [6.45, 7) is 0. The first-order valence-corrected chi connectivity index (χ1v) is 8.94. The minimum atomic E-state index is -0.975. The number of amides is 2. The molecule has 2 aliphatic heterocycles. The van der Waals surface area contributed by atoms with Gasteiger partial charge in [0.15, 0.2) is 0 Å². The summed E-state index contributed by atoms with van der Waals surface area (Å²) >= 11 is 0. The summed E-state index contributed by atoms with van der Waals surface area (Å²) in [6.07, 6.45) is 6.39. The molecule has 2 saturated heterocycles. The molecule has 0 spiro atoms. The van der Waals surface area contributed by atoms with Gasteiger partial charge in [0.05, 0.1) is 7.11 Å². The van der Waals surface area contributed by atoms with Crippen molar-refractivity contribution in [2.75, 3.05) is 12.4 Å². The maximum absolute atomic E-state index is 12.9. The molecular weight excluding hydrogens is 332 g/mol. The zero-order valence-electron chi connectivity index (χ0n) is 15.1. The average molecular weight is 356 g/mol. The Morgan fingerprint density at radius 2 is 2.08 bits per heavy atom. The highest BCUT2D eigenvalue weighted by Gasteiger charge is 2.51. The number of hydrogen-bond donors (Lipinski definition) is 2. The molecule has 7 nitrogen and oxygen atoms in total. The van der Waals surface area contributed by atoms with E-state index in [0.29, 0.717) is 30.1 Å². The molecule has 3 heterocycles. The van der Waals surface area contributed by atoms with Crippen LogP contribution in [0, 0.1) is 0 Å². The number of carbonyl (C=O) groups is 1. The summed E-state index contributed by atoms with van der Waals surface area (Å²) in [4.78, 5) is 19.1. The van der Waals surface area contributed by atoms with E-state index >= 15 is 0 Å². The van der Waals surface area contributed by atoms with Gasteiger partial charge in [-0.1, -0.05) is 6.07 Å². The van der Waals surface area contributed by atoms with Crippen molar-refractivity contribution in [2.45, 2.75) is 43.4 Å². The van der Waals surface area contributed by atoms with Gasteiger partial charge in [0.25, 0.3) is 0 Å². The molecule has 2 bridgehead atoms. The van der Waals surface area contributed by atoms with Gasteiger partial charge in [-0.25, -0.2) is 9.78 Å². The second-order valence-electron chi connectivity index (χ2n) is 7.26. The molecule has 0 radical (unpaired) electrons. The van der Waals surface area contributed by atoms with E-state index in [1.54, 1.807) is 19.4 Å². The zero-order chi connectivity index (χ0) is 18.3. The minimum absolute atomic E-state index is 0.0149. The van der Waals surface area contributed by atoms with Crippen LogP contribution in [0.4, 0.5) is 10.5 Å². The quantitative estimate of drug-likeness (QED) is 0.885. The Kier molecular flexibility index (Phi) is 4.11. The summed E-state index contributed by atoms with van der Waals surface area (Å²) in [6, 6.07) is 7.24. The molecule has 2 N–H and O–H groups in total. The van der Waals surface area contributed by atoms with E-state index in [4.69, 9.17) is 4.74 Å². The largest absolute Gasteiger partial charge is 0.497 e. The molecule has 26 heavy (non-hydrogen) atoms. The summed E-state index contributed by atoms with van der Waals surface area (Å²) in [5.74, 6) is 1.39. The van der Waals surface area contributed by atoms with Gasteiger partial charge in [0.2, 0.25) is 0 Å². The van der Waals surface area contributed by atoms with Crippen molar-refractivity contribution in [3.05, 3.63) is 42.5 Å². The van der Waals surface area contributed by atoms with Gasteiger partial charge < -0.3 is 24.6 Å². The van der Waals surface area contributed by atoms with E-state index in [0.717, 1.165) is 12.8 Å². The molecule has 0 saturated carbocycles. The molecule has 2 amide bonds. The molecule has 2 unspecified atom stereocenters. The van der Waals surface area contributed by atoms with Crippen molar-refractivity contribution in [3.63, 3.8) is 0 Å². The van der Waals surface area contributed by atoms with Crippen LogP contribution in [-0.2, 0) is 12.6 Å². The normalized spacial score (nSPS) is 27.4. The number of rotatable bonds is 3. The van der Waals surface area contributed by atoms with Crippen LogP contribution in [0.15, 0.2) is 36.7 Å². The van der Waals surface area contributed by atoms with E-state index in [1.165, 1.54) is 0 Å². The van der Waals surface area contributed by atoms with Gasteiger partial charge in [0.1, 0.15) is 17.2 Å². The number of benzene rings is 1. The van der Waals surface area contributed by atoms with Crippen molar-refractivity contribution in [1.82, 2.24) is 14.5 Å². The molecule has 0 aliphatic carbocycles. The Hall–Kier alpha value is -2.54. The highest BCUT2D eigenvalue weighted by atomic mass is 16.5. The summed E-state index contributed by atoms with van der Waals surface area (Å²) in [5.41, 5.74) is -0.268. The Morgan fingerprint density at radius 3 is 2.69 bits per heavy atom. The maximum Gasteiger partial charge on any atom is 0.322 e. The number of anilines is 1. The maximum atomic E-state index is 12.9. The Labute approximate surface area is 152 Å². The number of methoxy groups -OCH3 is 1. The monoisotopic (exact) mass is 356 g/mol. The molecule has 2 atom stereocenters. The Bertz CT molecular complexity index is 805. The fourth-order valence-electron chi connectivity index (χ4n) is 4.44. The van der Waals surface area contributed by atoms with Gasteiger partial charge in [-0.05, 0) is 25.0 Å². The van der Waals surface area contributed by atoms with Gasteiger partial charge in [0, 0.05) is 56.1 Å². The smallest absolute Gasteiger partial charge is 0.322 e. The van der Waals surface area contributed by atoms with Crippen LogP contribution >= 0.6 is 0 Å². The van der Waals surface area contributed by atoms with Gasteiger partial charge in [-0.3, -0.25) is 0 Å². The standard InChI is InChI=1S/C19H24N4O3/c1-22-9-8-20-17(22)19(25)11-14-6-7-15(12-19)23(14)18(24)21-13-4-3-5-16(10-13)26-2/h3-5,8-10,14-15,25H,6-7,11-12H2,1-2H3,(H,21,24). The average Bonchev–Trinajstić information content (AvgIpc) is 3.17. The van der Waals surface area contributed by atoms with E-state index in [2.05, 4.69) is 10.3 Å². The Balaban J connectivity index is 1.51. The van der Waals surface area contributed by atoms with E-state index in [-0.39, 0.29) is 18.1 Å². The van der Waals surface area contributed by atoms with E-state index < -0.39 is 5.60 Å². The van der Waals surface area contributed by atoms with Crippen LogP contribution in [0.25, 0.3) is 0 Å². The lowest BCUT2D eigenvalue weighted by Crippen LogP contribution is -2.53. The number of fused-ring (bicyclic) bond motifs is 2. The number of carbonyl (C=O) groups excluding carboxylic acids is 1. The van der Waals surface area contributed by atoms with Crippen LogP contribution in [0.5, 0.6) is 5.75 Å². The van der Waals surface area contributed by atoms with Crippen molar-refractivity contribution in [3.8, 4) is 5.75 Å². The second kappa shape index (κ2) is 6.32. The number of aromatic nitrogens is 2. The number of imidazole rings is 1. The predicted octanol–water partition coefficient (Wildman–Crippen LogP) is 2.48. The van der Waals surface area contributed by atoms with Crippen LogP contribution in [-0.4, -0.2) is 44.8 Å². The highest BCUT2D eigenvalue weighted by molar-refractivity contribution is 5.90. The number of aliphatic hydroxyl groups is 1. The van der Waals surface area contributed by atoms with Gasteiger partial charge in [-0.2, -0.15) is 0 Å². The summed E-state index contributed by atoms with van der Waals surface area (Å²) in [5, 5.41) is 14.2. The van der Waals surface area contributed by atoms with Crippen molar-refractivity contribution in [2.24, 2.45) is 7.05 Å². The second-order valence-corrected chi connectivity index (χ2v) is 7.26. The van der Waals surface area contributed by atoms with Crippen LogP contribution in [0.2, 0.25) is 0 Å². The molecule has 1 aromatic heterocycles. The zero-order valence-corrected chi connectivity index (χ0v) is 15.1. The SMILES string of the molecule is COc1cccc(NC(=O)N2C3CCC2CC(O)(c2nccn2C)C3)c1. The molecule has 2 aromatic rings. The van der Waals surface area contributed by atoms with Crippen molar-refractivity contribution < 1.29 is 14.6 Å². The fraction of sp³-hybridized carbons (Fsp3) is 0.474. The first-order chi connectivity index (χ1) is 12.5. The van der Waals surface area contributed by atoms with E-state index in [1.807, 2.05) is 40.9 Å². The lowest BCUT2D eigenvalue weighted by Gasteiger charge is -2.43. The minimum Gasteiger partial charge on any atom is -0.497 e. The number of nitrogens with zero attached hydrogens (tertiary/aromatic N) is 3. The van der Waals surface area contributed by atoms with E-state index in [9.17, 15) is 9.90 Å². The summed E-state index contributed by atoms with van der Waals surface area (Å²) in [7, 11) is 3.49. The molecule has 138 valence electrons.